The molecular weight excluding hydrogens is 352 g/mol. The van der Waals surface area contributed by atoms with Crippen LogP contribution in [0.2, 0.25) is 0 Å². The quantitative estimate of drug-likeness (QED) is 0.483. The second kappa shape index (κ2) is 6.03. The van der Waals surface area contributed by atoms with Gasteiger partial charge in [0.1, 0.15) is 22.9 Å². The molecule has 0 aliphatic heterocycles. The number of ketones is 1. The number of carbonyl (C=O) groups is 1. The standard InChI is InChI=1S/C23H14N2O3/c26-19-7-3-1-5-13(19)17-11-9-15-21(24-17)22-16(23(15)28)10-12-18(25-22)14-6-2-4-8-20(14)27/h1-12,26-27H. The molecular formula is C23H14N2O3. The Morgan fingerprint density at radius 1 is 0.536 bits per heavy atom. The second-order valence-corrected chi connectivity index (χ2v) is 6.55. The third-order valence-corrected chi connectivity index (χ3v) is 4.86. The van der Waals surface area contributed by atoms with E-state index in [1.54, 1.807) is 60.7 Å². The fraction of sp³-hybridized carbons (Fsp3) is 0. The highest BCUT2D eigenvalue weighted by molar-refractivity contribution is 6.20. The first-order valence-corrected chi connectivity index (χ1v) is 8.77. The maximum atomic E-state index is 12.7. The van der Waals surface area contributed by atoms with Crippen molar-refractivity contribution < 1.29 is 15.0 Å². The Morgan fingerprint density at radius 3 is 1.39 bits per heavy atom. The van der Waals surface area contributed by atoms with Crippen LogP contribution in [0, 0.1) is 0 Å². The summed E-state index contributed by atoms with van der Waals surface area (Å²) in [6, 6.07) is 20.7. The highest BCUT2D eigenvalue weighted by Crippen LogP contribution is 2.38. The van der Waals surface area contributed by atoms with Gasteiger partial charge in [0.25, 0.3) is 0 Å². The van der Waals surface area contributed by atoms with Crippen molar-refractivity contribution in [1.29, 1.82) is 0 Å². The third kappa shape index (κ3) is 2.37. The van der Waals surface area contributed by atoms with E-state index in [-0.39, 0.29) is 17.3 Å². The van der Waals surface area contributed by atoms with Gasteiger partial charge in [0.05, 0.1) is 22.5 Å². The normalized spacial score (nSPS) is 11.9. The first-order chi connectivity index (χ1) is 13.6. The summed E-state index contributed by atoms with van der Waals surface area (Å²) >= 11 is 0. The summed E-state index contributed by atoms with van der Waals surface area (Å²) in [7, 11) is 0. The van der Waals surface area contributed by atoms with Gasteiger partial charge in [-0.15, -0.1) is 0 Å². The summed E-state index contributed by atoms with van der Waals surface area (Å²) in [6.45, 7) is 0. The molecule has 2 heterocycles. The van der Waals surface area contributed by atoms with Crippen molar-refractivity contribution in [3.05, 3.63) is 83.9 Å². The first-order valence-electron chi connectivity index (χ1n) is 8.77. The number of aromatic hydroxyl groups is 2. The monoisotopic (exact) mass is 366 g/mol. The van der Waals surface area contributed by atoms with Gasteiger partial charge in [0, 0.05) is 11.1 Å². The highest BCUT2D eigenvalue weighted by atomic mass is 16.3. The van der Waals surface area contributed by atoms with E-state index in [4.69, 9.17) is 0 Å². The molecule has 2 aromatic heterocycles. The molecule has 0 bridgehead atoms. The van der Waals surface area contributed by atoms with Crippen molar-refractivity contribution in [2.75, 3.05) is 0 Å². The molecule has 0 atom stereocenters. The number of hydrogen-bond acceptors (Lipinski definition) is 5. The number of carbonyl (C=O) groups excluding carboxylic acids is 1. The number of fused-ring (bicyclic) bond motifs is 3. The van der Waals surface area contributed by atoms with Gasteiger partial charge in [-0.3, -0.25) is 4.79 Å². The number of nitrogens with zero attached hydrogens (tertiary/aromatic N) is 2. The van der Waals surface area contributed by atoms with Gasteiger partial charge in [0.15, 0.2) is 5.78 Å². The Kier molecular flexibility index (Phi) is 3.49. The van der Waals surface area contributed by atoms with E-state index in [0.717, 1.165) is 0 Å². The van der Waals surface area contributed by atoms with Crippen LogP contribution >= 0.6 is 0 Å². The summed E-state index contributed by atoms with van der Waals surface area (Å²) in [5.74, 6) is 0.114. The average molecular weight is 366 g/mol. The van der Waals surface area contributed by atoms with Crippen LogP contribution in [0.25, 0.3) is 33.9 Å². The lowest BCUT2D eigenvalue weighted by atomic mass is 10.1. The van der Waals surface area contributed by atoms with Crippen molar-refractivity contribution in [3.8, 4) is 45.4 Å². The summed E-state index contributed by atoms with van der Waals surface area (Å²) in [6.07, 6.45) is 0. The smallest absolute Gasteiger partial charge is 0.197 e. The molecule has 2 aromatic carbocycles. The molecule has 0 fully saturated rings. The van der Waals surface area contributed by atoms with Crippen LogP contribution in [0.5, 0.6) is 11.5 Å². The fourth-order valence-corrected chi connectivity index (χ4v) is 3.47. The minimum atomic E-state index is -0.127. The number of phenolic OH excluding ortho intramolecular Hbond substituents is 2. The lowest BCUT2D eigenvalue weighted by molar-refractivity contribution is 0.104. The molecule has 2 N–H and O–H groups in total. The van der Waals surface area contributed by atoms with E-state index < -0.39 is 0 Å². The molecule has 0 radical (unpaired) electrons. The Hall–Kier alpha value is -3.99. The first kappa shape index (κ1) is 16.2. The molecule has 5 nitrogen and oxygen atoms in total. The zero-order valence-corrected chi connectivity index (χ0v) is 14.6. The molecule has 0 saturated carbocycles. The van der Waals surface area contributed by atoms with Crippen molar-refractivity contribution in [2.24, 2.45) is 0 Å². The zero-order chi connectivity index (χ0) is 19.3. The van der Waals surface area contributed by atoms with Crippen molar-refractivity contribution >= 4 is 5.78 Å². The molecule has 1 aliphatic carbocycles. The number of para-hydroxylation sites is 2. The maximum absolute atomic E-state index is 12.7. The lowest BCUT2D eigenvalue weighted by Crippen LogP contribution is -1.96. The van der Waals surface area contributed by atoms with Crippen LogP contribution in [-0.4, -0.2) is 26.0 Å². The van der Waals surface area contributed by atoms with Crippen LogP contribution in [0.1, 0.15) is 15.9 Å². The van der Waals surface area contributed by atoms with E-state index in [0.29, 0.717) is 45.0 Å². The van der Waals surface area contributed by atoms with Gasteiger partial charge >= 0.3 is 0 Å². The maximum Gasteiger partial charge on any atom is 0.197 e. The predicted molar refractivity (Wildman–Crippen MR) is 105 cm³/mol. The number of rotatable bonds is 2. The van der Waals surface area contributed by atoms with E-state index in [1.807, 2.05) is 12.1 Å². The van der Waals surface area contributed by atoms with Crippen molar-refractivity contribution in [1.82, 2.24) is 9.97 Å². The molecule has 5 heteroatoms. The SMILES string of the molecule is O=C1c2ccc(-c3ccccc3O)nc2-c2nc(-c3ccccc3O)ccc21. The third-order valence-electron chi connectivity index (χ3n) is 4.86. The lowest BCUT2D eigenvalue weighted by Gasteiger charge is -2.07. The fourth-order valence-electron chi connectivity index (χ4n) is 3.47. The molecule has 134 valence electrons. The number of pyridine rings is 2. The number of phenols is 2. The predicted octanol–water partition coefficient (Wildman–Crippen LogP) is 4.43. The molecule has 0 unspecified atom stereocenters. The molecule has 0 spiro atoms. The molecule has 4 aromatic rings. The van der Waals surface area contributed by atoms with Crippen LogP contribution < -0.4 is 0 Å². The Labute approximate surface area is 160 Å². The second-order valence-electron chi connectivity index (χ2n) is 6.55. The van der Waals surface area contributed by atoms with Crippen LogP contribution in [0.15, 0.2) is 72.8 Å². The van der Waals surface area contributed by atoms with Gasteiger partial charge in [-0.05, 0) is 48.5 Å². The number of hydrogen-bond donors (Lipinski definition) is 2. The molecule has 0 saturated heterocycles. The van der Waals surface area contributed by atoms with Gasteiger partial charge in [0.2, 0.25) is 0 Å². The highest BCUT2D eigenvalue weighted by Gasteiger charge is 2.30. The molecule has 28 heavy (non-hydrogen) atoms. The minimum absolute atomic E-state index is 0.121. The van der Waals surface area contributed by atoms with Crippen molar-refractivity contribution in [3.63, 3.8) is 0 Å². The van der Waals surface area contributed by atoms with Gasteiger partial charge in [-0.2, -0.15) is 0 Å². The zero-order valence-electron chi connectivity index (χ0n) is 14.6. The van der Waals surface area contributed by atoms with Crippen LogP contribution in [-0.2, 0) is 0 Å². The van der Waals surface area contributed by atoms with Crippen molar-refractivity contribution in [2.45, 2.75) is 0 Å². The Balaban J connectivity index is 1.70. The van der Waals surface area contributed by atoms with E-state index in [2.05, 4.69) is 9.97 Å². The Bertz CT molecular complexity index is 1170. The summed E-state index contributed by atoms with van der Waals surface area (Å²) in [5.41, 5.74) is 4.23. The largest absolute Gasteiger partial charge is 0.507 e. The molecule has 5 rings (SSSR count). The van der Waals surface area contributed by atoms with E-state index >= 15 is 0 Å². The summed E-state index contributed by atoms with van der Waals surface area (Å²) in [4.78, 5) is 22.0. The van der Waals surface area contributed by atoms with Gasteiger partial charge in [-0.1, -0.05) is 24.3 Å². The van der Waals surface area contributed by atoms with Crippen LogP contribution in [0.3, 0.4) is 0 Å². The Morgan fingerprint density at radius 2 is 0.964 bits per heavy atom. The average Bonchev–Trinajstić information content (AvgIpc) is 3.00. The van der Waals surface area contributed by atoms with Crippen LogP contribution in [0.4, 0.5) is 0 Å². The van der Waals surface area contributed by atoms with Gasteiger partial charge in [-0.25, -0.2) is 9.97 Å². The van der Waals surface area contributed by atoms with Gasteiger partial charge < -0.3 is 10.2 Å². The number of aromatic nitrogens is 2. The topological polar surface area (TPSA) is 83.3 Å². The van der Waals surface area contributed by atoms with E-state index in [9.17, 15) is 15.0 Å². The minimum Gasteiger partial charge on any atom is -0.507 e. The summed E-state index contributed by atoms with van der Waals surface area (Å²) in [5, 5.41) is 20.3. The summed E-state index contributed by atoms with van der Waals surface area (Å²) < 4.78 is 0. The molecule has 0 amide bonds. The molecule has 1 aliphatic rings. The number of benzene rings is 2. The van der Waals surface area contributed by atoms with E-state index in [1.165, 1.54) is 0 Å².